The van der Waals surface area contributed by atoms with Crippen LogP contribution in [0.15, 0.2) is 15.9 Å². The molecule has 1 aliphatic heterocycles. The molecule has 0 radical (unpaired) electrons. The Balaban J connectivity index is 2.08. The average molecular weight is 278 g/mol. The molecule has 2 unspecified atom stereocenters. The predicted octanol–water partition coefficient (Wildman–Crippen LogP) is 3.62. The monoisotopic (exact) mass is 277 g/mol. The summed E-state index contributed by atoms with van der Waals surface area (Å²) in [5.74, 6) is 1.27. The maximum absolute atomic E-state index is 3.60. The Morgan fingerprint density at radius 1 is 1.62 bits per heavy atom. The lowest BCUT2D eigenvalue weighted by atomic mass is 10.2. The van der Waals surface area contributed by atoms with Crippen LogP contribution in [0.1, 0.15) is 23.6 Å². The number of thiophene rings is 1. The zero-order chi connectivity index (χ0) is 9.26. The third kappa shape index (κ3) is 2.49. The van der Waals surface area contributed by atoms with E-state index in [0.29, 0.717) is 11.4 Å². The molecular weight excluding hydrogens is 266 g/mol. The predicted molar refractivity (Wildman–Crippen MR) is 64.4 cm³/mol. The minimum Gasteiger partial charge on any atom is -0.298 e. The zero-order valence-electron chi connectivity index (χ0n) is 7.42. The van der Waals surface area contributed by atoms with Gasteiger partial charge in [-0.3, -0.25) is 5.32 Å². The maximum atomic E-state index is 3.60. The number of hydrogen-bond donors (Lipinski definition) is 1. The molecule has 72 valence electrons. The van der Waals surface area contributed by atoms with Crippen LogP contribution in [0.25, 0.3) is 0 Å². The van der Waals surface area contributed by atoms with Gasteiger partial charge in [-0.05, 0) is 41.1 Å². The summed E-state index contributed by atoms with van der Waals surface area (Å²) >= 11 is 7.33. The minimum atomic E-state index is 0.514. The van der Waals surface area contributed by atoms with Gasteiger partial charge in [0, 0.05) is 20.8 Å². The van der Waals surface area contributed by atoms with Gasteiger partial charge in [0.05, 0.1) is 5.37 Å². The van der Waals surface area contributed by atoms with Gasteiger partial charge < -0.3 is 0 Å². The summed E-state index contributed by atoms with van der Waals surface area (Å²) in [7, 11) is 0. The molecule has 4 heteroatoms. The Kier molecular flexibility index (Phi) is 3.35. The second kappa shape index (κ2) is 4.34. The Bertz CT molecular complexity index is 287. The van der Waals surface area contributed by atoms with Crippen LogP contribution in [-0.4, -0.2) is 11.8 Å². The SMILES string of the molecule is CC1CCSC(c2cc(Br)cs2)N1. The van der Waals surface area contributed by atoms with E-state index < -0.39 is 0 Å². The van der Waals surface area contributed by atoms with E-state index in [1.807, 2.05) is 23.1 Å². The Morgan fingerprint density at radius 2 is 2.46 bits per heavy atom. The summed E-state index contributed by atoms with van der Waals surface area (Å²) < 4.78 is 1.20. The molecule has 1 fully saturated rings. The zero-order valence-corrected chi connectivity index (χ0v) is 10.6. The van der Waals surface area contributed by atoms with E-state index >= 15 is 0 Å². The van der Waals surface area contributed by atoms with Gasteiger partial charge in [-0.1, -0.05) is 0 Å². The first-order valence-corrected chi connectivity index (χ1v) is 7.09. The number of thioether (sulfide) groups is 1. The first-order valence-electron chi connectivity index (χ1n) is 4.37. The molecule has 1 N–H and O–H groups in total. The summed E-state index contributed by atoms with van der Waals surface area (Å²) in [5.41, 5.74) is 0. The number of hydrogen-bond acceptors (Lipinski definition) is 3. The van der Waals surface area contributed by atoms with E-state index in [0.717, 1.165) is 0 Å². The molecule has 2 rings (SSSR count). The molecule has 1 aromatic rings. The molecule has 1 aromatic heterocycles. The van der Waals surface area contributed by atoms with E-state index in [2.05, 4.69) is 39.6 Å². The fraction of sp³-hybridized carbons (Fsp3) is 0.556. The molecule has 0 amide bonds. The van der Waals surface area contributed by atoms with Crippen molar-refractivity contribution in [2.75, 3.05) is 5.75 Å². The average Bonchev–Trinajstić information content (AvgIpc) is 2.52. The first-order chi connectivity index (χ1) is 6.25. The van der Waals surface area contributed by atoms with Gasteiger partial charge in [-0.25, -0.2) is 0 Å². The molecule has 0 aromatic carbocycles. The normalized spacial score (nSPS) is 29.1. The van der Waals surface area contributed by atoms with Crippen LogP contribution in [0.5, 0.6) is 0 Å². The largest absolute Gasteiger partial charge is 0.298 e. The van der Waals surface area contributed by atoms with Crippen molar-refractivity contribution in [2.45, 2.75) is 24.8 Å². The standard InChI is InChI=1S/C9H12BrNS2/c1-6-2-3-12-9(11-6)8-4-7(10)5-13-8/h4-6,9,11H,2-3H2,1H3. The first kappa shape index (κ1) is 10.0. The van der Waals surface area contributed by atoms with Crippen LogP contribution < -0.4 is 5.32 Å². The molecular formula is C9H12BrNS2. The molecule has 1 saturated heterocycles. The van der Waals surface area contributed by atoms with Crippen LogP contribution in [0.4, 0.5) is 0 Å². The van der Waals surface area contributed by atoms with E-state index in [4.69, 9.17) is 0 Å². The van der Waals surface area contributed by atoms with Gasteiger partial charge in [0.15, 0.2) is 0 Å². The number of rotatable bonds is 1. The fourth-order valence-corrected chi connectivity index (χ4v) is 4.42. The fourth-order valence-electron chi connectivity index (χ4n) is 1.38. The molecule has 1 aliphatic rings. The van der Waals surface area contributed by atoms with Crippen molar-refractivity contribution in [3.63, 3.8) is 0 Å². The van der Waals surface area contributed by atoms with Crippen molar-refractivity contribution in [1.82, 2.24) is 5.32 Å². The van der Waals surface area contributed by atoms with Crippen molar-refractivity contribution < 1.29 is 0 Å². The highest BCUT2D eigenvalue weighted by Crippen LogP contribution is 2.36. The van der Waals surface area contributed by atoms with Crippen LogP contribution in [0.2, 0.25) is 0 Å². The molecule has 0 bridgehead atoms. The van der Waals surface area contributed by atoms with Gasteiger partial charge >= 0.3 is 0 Å². The van der Waals surface area contributed by atoms with Crippen LogP contribution >= 0.6 is 39.0 Å². The second-order valence-electron chi connectivity index (χ2n) is 3.27. The summed E-state index contributed by atoms with van der Waals surface area (Å²) in [5, 5.41) is 6.26. The van der Waals surface area contributed by atoms with Gasteiger partial charge in [0.2, 0.25) is 0 Å². The summed E-state index contributed by atoms with van der Waals surface area (Å²) in [6, 6.07) is 2.88. The number of halogens is 1. The van der Waals surface area contributed by atoms with Gasteiger partial charge in [-0.2, -0.15) is 0 Å². The van der Waals surface area contributed by atoms with Crippen molar-refractivity contribution >= 4 is 39.0 Å². The molecule has 0 aliphatic carbocycles. The smallest absolute Gasteiger partial charge is 0.0885 e. The van der Waals surface area contributed by atoms with Crippen LogP contribution in [-0.2, 0) is 0 Å². The Morgan fingerprint density at radius 3 is 3.08 bits per heavy atom. The molecule has 2 heterocycles. The molecule has 0 spiro atoms. The summed E-state index contributed by atoms with van der Waals surface area (Å²) in [6.45, 7) is 2.26. The lowest BCUT2D eigenvalue weighted by Gasteiger charge is -2.27. The van der Waals surface area contributed by atoms with Crippen molar-refractivity contribution in [2.24, 2.45) is 0 Å². The van der Waals surface area contributed by atoms with Gasteiger partial charge in [0.25, 0.3) is 0 Å². The van der Waals surface area contributed by atoms with Crippen LogP contribution in [0.3, 0.4) is 0 Å². The van der Waals surface area contributed by atoms with E-state index in [1.165, 1.54) is 21.5 Å². The highest BCUT2D eigenvalue weighted by Gasteiger charge is 2.20. The quantitative estimate of drug-likeness (QED) is 0.842. The van der Waals surface area contributed by atoms with E-state index in [1.54, 1.807) is 0 Å². The third-order valence-corrected chi connectivity index (χ3v) is 5.22. The Labute approximate surface area is 95.4 Å². The third-order valence-electron chi connectivity index (χ3n) is 2.12. The maximum Gasteiger partial charge on any atom is 0.0885 e. The summed E-state index contributed by atoms with van der Waals surface area (Å²) in [6.07, 6.45) is 1.29. The number of nitrogens with one attached hydrogen (secondary N) is 1. The van der Waals surface area contributed by atoms with Crippen LogP contribution in [0, 0.1) is 0 Å². The van der Waals surface area contributed by atoms with Crippen molar-refractivity contribution in [3.8, 4) is 0 Å². The summed E-state index contributed by atoms with van der Waals surface area (Å²) in [4.78, 5) is 1.43. The van der Waals surface area contributed by atoms with E-state index in [9.17, 15) is 0 Å². The van der Waals surface area contributed by atoms with Gasteiger partial charge in [-0.15, -0.1) is 23.1 Å². The van der Waals surface area contributed by atoms with Gasteiger partial charge in [0.1, 0.15) is 0 Å². The van der Waals surface area contributed by atoms with Crippen molar-refractivity contribution in [1.29, 1.82) is 0 Å². The molecule has 2 atom stereocenters. The molecule has 13 heavy (non-hydrogen) atoms. The topological polar surface area (TPSA) is 12.0 Å². The lowest BCUT2D eigenvalue weighted by Crippen LogP contribution is -2.33. The molecule has 1 nitrogen and oxygen atoms in total. The second-order valence-corrected chi connectivity index (χ2v) is 6.35. The Hall–Kier alpha value is 0.490. The highest BCUT2D eigenvalue weighted by atomic mass is 79.9. The minimum absolute atomic E-state index is 0.514. The lowest BCUT2D eigenvalue weighted by molar-refractivity contribution is 0.515. The van der Waals surface area contributed by atoms with E-state index in [-0.39, 0.29) is 0 Å². The van der Waals surface area contributed by atoms with Crippen molar-refractivity contribution in [3.05, 3.63) is 20.8 Å². The highest BCUT2D eigenvalue weighted by molar-refractivity contribution is 9.10. The molecule has 0 saturated carbocycles.